The smallest absolute Gasteiger partial charge is 0.243 e. The van der Waals surface area contributed by atoms with Gasteiger partial charge in [-0.15, -0.1) is 0 Å². The fourth-order valence-corrected chi connectivity index (χ4v) is 5.59. The van der Waals surface area contributed by atoms with Gasteiger partial charge >= 0.3 is 0 Å². The van der Waals surface area contributed by atoms with E-state index in [1.807, 2.05) is 70.1 Å². The third-order valence-electron chi connectivity index (χ3n) is 7.34. The summed E-state index contributed by atoms with van der Waals surface area (Å²) < 4.78 is 6.92. The van der Waals surface area contributed by atoms with Gasteiger partial charge in [0.05, 0.1) is 9.61 Å². The maximum Gasteiger partial charge on any atom is 0.243 e. The summed E-state index contributed by atoms with van der Waals surface area (Å²) in [5.41, 5.74) is 1.89. The maximum atomic E-state index is 13.8. The normalized spacial score (nSPS) is 24.7. The van der Waals surface area contributed by atoms with Gasteiger partial charge in [0.2, 0.25) is 17.7 Å². The quantitative estimate of drug-likeness (QED) is 0.302. The van der Waals surface area contributed by atoms with E-state index < -0.39 is 24.0 Å². The van der Waals surface area contributed by atoms with E-state index in [2.05, 4.69) is 50.8 Å². The summed E-state index contributed by atoms with van der Waals surface area (Å²) in [5, 5.41) is 22.3. The van der Waals surface area contributed by atoms with Crippen molar-refractivity contribution < 1.29 is 24.2 Å². The van der Waals surface area contributed by atoms with Gasteiger partial charge in [-0.1, -0.05) is 45.0 Å². The van der Waals surface area contributed by atoms with Gasteiger partial charge in [0, 0.05) is 19.1 Å². The molecule has 0 saturated heterocycles. The minimum Gasteiger partial charge on any atom is -0.507 e. The number of carbonyl (C=O) groups excluding carboxylic acids is 3. The zero-order valence-corrected chi connectivity index (χ0v) is 28.1. The largest absolute Gasteiger partial charge is 0.507 e. The van der Waals surface area contributed by atoms with E-state index in [1.54, 1.807) is 12.1 Å². The van der Waals surface area contributed by atoms with Gasteiger partial charge in [0.15, 0.2) is 0 Å². The van der Waals surface area contributed by atoms with Crippen LogP contribution < -0.4 is 26.0 Å². The number of hydrogen-bond acceptors (Lipinski definition) is 7. The minimum absolute atomic E-state index is 0.124. The number of nitrogens with zero attached hydrogens (tertiary/aromatic N) is 1. The van der Waals surface area contributed by atoms with Crippen LogP contribution in [0.3, 0.4) is 0 Å². The van der Waals surface area contributed by atoms with Crippen molar-refractivity contribution in [2.75, 3.05) is 33.8 Å². The molecule has 0 spiro atoms. The summed E-state index contributed by atoms with van der Waals surface area (Å²) in [6.45, 7) is 8.81. The van der Waals surface area contributed by atoms with E-state index in [0.717, 1.165) is 16.9 Å². The highest BCUT2D eigenvalue weighted by atomic mass is 127. The van der Waals surface area contributed by atoms with Crippen LogP contribution in [0.15, 0.2) is 42.5 Å². The number of carbonyl (C=O) groups is 3. The zero-order valence-electron chi connectivity index (χ0n) is 25.9. The molecule has 3 rings (SSSR count). The molecule has 0 unspecified atom stereocenters. The molecule has 43 heavy (non-hydrogen) atoms. The lowest BCUT2D eigenvalue weighted by Gasteiger charge is -2.29. The van der Waals surface area contributed by atoms with Crippen LogP contribution in [0, 0.1) is 15.4 Å². The zero-order chi connectivity index (χ0) is 31.7. The van der Waals surface area contributed by atoms with Gasteiger partial charge in [0.25, 0.3) is 0 Å². The van der Waals surface area contributed by atoms with E-state index in [9.17, 15) is 19.5 Å². The number of para-hydroxylation sites is 1. The van der Waals surface area contributed by atoms with Crippen molar-refractivity contribution in [1.29, 1.82) is 0 Å². The number of phenols is 1. The molecule has 0 bridgehead atoms. The van der Waals surface area contributed by atoms with Crippen molar-refractivity contribution in [3.05, 3.63) is 57.2 Å². The number of ether oxygens (including phenoxy) is 1. The summed E-state index contributed by atoms with van der Waals surface area (Å²) in [6.07, 6.45) is 1.03. The molecule has 11 heteroatoms. The molecule has 2 aromatic carbocycles. The first-order valence-electron chi connectivity index (χ1n) is 14.8. The molecule has 1 heterocycles. The van der Waals surface area contributed by atoms with Gasteiger partial charge < -0.3 is 30.7 Å². The molecular weight excluding hydrogens is 661 g/mol. The Kier molecular flexibility index (Phi) is 13.1. The Bertz CT molecular complexity index is 1260. The Morgan fingerprint density at radius 2 is 1.72 bits per heavy atom. The van der Waals surface area contributed by atoms with Crippen LogP contribution in [0.25, 0.3) is 0 Å². The molecule has 1 aliphatic rings. The number of halogens is 1. The standard InChI is InChI=1S/C32H46IN5O5/c1-19(2)29-32(42)36-26(17-38(5)6)30(40)34-16-20(3)13-23-9-7-8-10-28(23)43-18-21(4)35-25(31(41)37-29)15-22-11-12-27(39)24(33)14-22/h7-12,14,19-21,25-26,29,35,39H,13,15-18H2,1-6H3,(H,34,40)(H,36,42)(H,37,41)/t20-,21-,25+,26-,29+/m0/s1. The third-order valence-corrected chi connectivity index (χ3v) is 8.20. The van der Waals surface area contributed by atoms with Gasteiger partial charge in [0.1, 0.15) is 30.2 Å². The maximum absolute atomic E-state index is 13.8. The number of amides is 3. The molecule has 1 aliphatic heterocycles. The third kappa shape index (κ3) is 10.6. The molecule has 5 atom stereocenters. The van der Waals surface area contributed by atoms with Crippen molar-refractivity contribution >= 4 is 40.3 Å². The van der Waals surface area contributed by atoms with E-state index in [-0.39, 0.29) is 35.4 Å². The van der Waals surface area contributed by atoms with E-state index in [1.165, 1.54) is 0 Å². The fraction of sp³-hybridized carbons (Fsp3) is 0.531. The van der Waals surface area contributed by atoms with E-state index in [4.69, 9.17) is 4.74 Å². The summed E-state index contributed by atoms with van der Waals surface area (Å²) in [5.74, 6) is -0.195. The first-order valence-corrected chi connectivity index (χ1v) is 15.9. The van der Waals surface area contributed by atoms with Crippen LogP contribution in [0.4, 0.5) is 0 Å². The predicted molar refractivity (Wildman–Crippen MR) is 176 cm³/mol. The Balaban J connectivity index is 1.95. The second-order valence-corrected chi connectivity index (χ2v) is 13.3. The first kappa shape index (κ1) is 34.6. The molecular formula is C32H46IN5O5. The highest BCUT2D eigenvalue weighted by Crippen LogP contribution is 2.23. The van der Waals surface area contributed by atoms with Crippen molar-refractivity contribution in [3.8, 4) is 11.5 Å². The van der Waals surface area contributed by atoms with Crippen LogP contribution in [0.1, 0.15) is 38.8 Å². The highest BCUT2D eigenvalue weighted by molar-refractivity contribution is 14.1. The Labute approximate surface area is 268 Å². The van der Waals surface area contributed by atoms with Gasteiger partial charge in [-0.2, -0.15) is 0 Å². The summed E-state index contributed by atoms with van der Waals surface area (Å²) in [4.78, 5) is 42.5. The number of benzene rings is 2. The first-order chi connectivity index (χ1) is 20.3. The van der Waals surface area contributed by atoms with Gasteiger partial charge in [-0.25, -0.2) is 0 Å². The van der Waals surface area contributed by atoms with E-state index >= 15 is 0 Å². The average Bonchev–Trinajstić information content (AvgIpc) is 2.94. The number of phenolic OH excluding ortho intramolecular Hbond substituents is 1. The highest BCUT2D eigenvalue weighted by Gasteiger charge is 2.32. The lowest BCUT2D eigenvalue weighted by atomic mass is 9.99. The molecule has 5 N–H and O–H groups in total. The monoisotopic (exact) mass is 707 g/mol. The summed E-state index contributed by atoms with van der Waals surface area (Å²) in [6, 6.07) is 10.5. The molecule has 10 nitrogen and oxygen atoms in total. The number of nitrogens with one attached hydrogen (secondary N) is 4. The number of rotatable bonds is 5. The molecule has 236 valence electrons. The number of hydrogen-bond donors (Lipinski definition) is 5. The molecule has 0 saturated carbocycles. The van der Waals surface area contributed by atoms with Crippen molar-refractivity contribution in [3.63, 3.8) is 0 Å². The molecule has 3 amide bonds. The topological polar surface area (TPSA) is 132 Å². The number of aromatic hydroxyl groups is 1. The Hall–Kier alpha value is -2.90. The molecule has 0 aliphatic carbocycles. The average molecular weight is 708 g/mol. The van der Waals surface area contributed by atoms with Crippen LogP contribution >= 0.6 is 22.6 Å². The second-order valence-electron chi connectivity index (χ2n) is 12.1. The van der Waals surface area contributed by atoms with Crippen molar-refractivity contribution in [1.82, 2.24) is 26.2 Å². The van der Waals surface area contributed by atoms with Crippen LogP contribution in [0.5, 0.6) is 11.5 Å². The lowest BCUT2D eigenvalue weighted by molar-refractivity contribution is -0.133. The lowest BCUT2D eigenvalue weighted by Crippen LogP contribution is -2.60. The van der Waals surface area contributed by atoms with Crippen molar-refractivity contribution in [2.24, 2.45) is 11.8 Å². The minimum atomic E-state index is -0.856. The molecule has 2 aromatic rings. The Morgan fingerprint density at radius 3 is 2.40 bits per heavy atom. The summed E-state index contributed by atoms with van der Waals surface area (Å²) in [7, 11) is 3.68. The SMILES string of the molecule is CC(C)[C@H]1NC(=O)[C@@H](Cc2ccc(O)c(I)c2)N[C@@H](C)COc2ccccc2C[C@H](C)CNC(=O)[C@H](CN(C)C)NC1=O. The van der Waals surface area contributed by atoms with E-state index in [0.29, 0.717) is 36.1 Å². The molecule has 0 fully saturated rings. The van der Waals surface area contributed by atoms with Gasteiger partial charge in [-0.3, -0.25) is 19.7 Å². The van der Waals surface area contributed by atoms with Gasteiger partial charge in [-0.05, 0) is 97.6 Å². The van der Waals surface area contributed by atoms with Crippen LogP contribution in [-0.2, 0) is 27.2 Å². The fourth-order valence-electron chi connectivity index (χ4n) is 5.02. The molecule has 0 radical (unpaired) electrons. The van der Waals surface area contributed by atoms with Crippen molar-refractivity contribution in [2.45, 2.75) is 64.7 Å². The van der Waals surface area contributed by atoms with Crippen LogP contribution in [0.2, 0.25) is 0 Å². The molecule has 0 aromatic heterocycles. The van der Waals surface area contributed by atoms with Crippen LogP contribution in [-0.4, -0.2) is 85.7 Å². The number of fused-ring (bicyclic) bond motifs is 1. The number of likely N-dealkylation sites (N-methyl/N-ethyl adjacent to an activating group) is 1. The summed E-state index contributed by atoms with van der Waals surface area (Å²) >= 11 is 2.06. The predicted octanol–water partition coefficient (Wildman–Crippen LogP) is 2.46. The Morgan fingerprint density at radius 1 is 1.00 bits per heavy atom. The second kappa shape index (κ2) is 16.2.